The van der Waals surface area contributed by atoms with Crippen LogP contribution in [0.4, 0.5) is 10.8 Å². The maximum absolute atomic E-state index is 13.3. The van der Waals surface area contributed by atoms with Crippen molar-refractivity contribution < 1.29 is 13.2 Å². The van der Waals surface area contributed by atoms with E-state index in [0.717, 1.165) is 0 Å². The highest BCUT2D eigenvalue weighted by atomic mass is 35.5. The summed E-state index contributed by atoms with van der Waals surface area (Å²) in [4.78, 5) is 25.5. The number of aromatic nitrogens is 1. The number of allylic oxidation sites excluding steroid dienone is 2. The first kappa shape index (κ1) is 22.4. The van der Waals surface area contributed by atoms with Gasteiger partial charge in [0.15, 0.2) is 5.13 Å². The number of anilines is 2. The van der Waals surface area contributed by atoms with Gasteiger partial charge in [-0.2, -0.15) is 0 Å². The molecule has 2 aromatic rings. The molecule has 1 fully saturated rings. The van der Waals surface area contributed by atoms with Crippen LogP contribution in [0.25, 0.3) is 0 Å². The summed E-state index contributed by atoms with van der Waals surface area (Å²) in [6, 6.07) is 5.61. The van der Waals surface area contributed by atoms with Crippen LogP contribution in [0, 0.1) is 0 Å². The second kappa shape index (κ2) is 8.12. The summed E-state index contributed by atoms with van der Waals surface area (Å²) in [5, 5.41) is 2.88. The SMILES string of the molecule is CC12C=C(Cl)C(Cl)=CC1N=CN2C1CCN(c2ccc(S(=O)(=O)Nc3nccs3)cc2)C1=O. The fourth-order valence-electron chi connectivity index (χ4n) is 4.34. The van der Waals surface area contributed by atoms with E-state index < -0.39 is 21.6 Å². The molecule has 2 aliphatic heterocycles. The average Bonchev–Trinajstić information content (AvgIpc) is 3.48. The zero-order valence-corrected chi connectivity index (χ0v) is 20.5. The van der Waals surface area contributed by atoms with Crippen molar-refractivity contribution in [2.45, 2.75) is 35.9 Å². The largest absolute Gasteiger partial charge is 0.339 e. The summed E-state index contributed by atoms with van der Waals surface area (Å²) in [5.74, 6) is -0.0787. The highest BCUT2D eigenvalue weighted by molar-refractivity contribution is 7.93. The molecule has 1 aromatic heterocycles. The second-order valence-electron chi connectivity index (χ2n) is 8.08. The van der Waals surface area contributed by atoms with Crippen molar-refractivity contribution in [2.75, 3.05) is 16.2 Å². The van der Waals surface area contributed by atoms with Gasteiger partial charge in [-0.05, 0) is 49.8 Å². The molecule has 3 unspecified atom stereocenters. The minimum atomic E-state index is -3.76. The Kier molecular flexibility index (Phi) is 5.51. The third kappa shape index (κ3) is 3.84. The van der Waals surface area contributed by atoms with Gasteiger partial charge in [0.2, 0.25) is 5.91 Å². The molecule has 12 heteroatoms. The molecule has 1 saturated heterocycles. The maximum atomic E-state index is 13.3. The predicted molar refractivity (Wildman–Crippen MR) is 131 cm³/mol. The lowest BCUT2D eigenvalue weighted by Crippen LogP contribution is -2.54. The topological polar surface area (TPSA) is 95.0 Å². The second-order valence-corrected chi connectivity index (χ2v) is 11.5. The lowest BCUT2D eigenvalue weighted by atomic mass is 9.87. The number of hydrogen-bond donors (Lipinski definition) is 1. The molecule has 8 nitrogen and oxygen atoms in total. The van der Waals surface area contributed by atoms with E-state index in [9.17, 15) is 13.2 Å². The summed E-state index contributed by atoms with van der Waals surface area (Å²) in [7, 11) is -3.76. The van der Waals surface area contributed by atoms with Crippen LogP contribution in [0.5, 0.6) is 0 Å². The molecule has 0 radical (unpaired) electrons. The Balaban J connectivity index is 1.33. The van der Waals surface area contributed by atoms with Crippen molar-refractivity contribution >= 4 is 67.6 Å². The molecule has 5 rings (SSSR count). The van der Waals surface area contributed by atoms with Crippen molar-refractivity contribution in [1.82, 2.24) is 9.88 Å². The normalized spacial score (nSPS) is 26.9. The summed E-state index contributed by atoms with van der Waals surface area (Å²) in [5.41, 5.74) is 0.0549. The molecule has 3 atom stereocenters. The van der Waals surface area contributed by atoms with Crippen LogP contribution >= 0.6 is 34.5 Å². The van der Waals surface area contributed by atoms with Gasteiger partial charge in [0, 0.05) is 23.8 Å². The van der Waals surface area contributed by atoms with E-state index in [2.05, 4.69) is 14.7 Å². The van der Waals surface area contributed by atoms with Crippen molar-refractivity contribution in [3.8, 4) is 0 Å². The first-order valence-electron chi connectivity index (χ1n) is 10.1. The number of carbonyl (C=O) groups is 1. The quantitative estimate of drug-likeness (QED) is 0.643. The molecule has 0 spiro atoms. The van der Waals surface area contributed by atoms with Crippen LogP contribution in [0.15, 0.2) is 67.9 Å². The fraction of sp³-hybridized carbons (Fsp3) is 0.286. The number of carbonyl (C=O) groups excluding carboxylic acids is 1. The first-order chi connectivity index (χ1) is 15.7. The number of thiazole rings is 1. The van der Waals surface area contributed by atoms with Gasteiger partial charge >= 0.3 is 0 Å². The summed E-state index contributed by atoms with van der Waals surface area (Å²) >= 11 is 13.6. The van der Waals surface area contributed by atoms with Crippen LogP contribution in [0.1, 0.15) is 13.3 Å². The highest BCUT2D eigenvalue weighted by Gasteiger charge is 2.49. The molecule has 1 amide bonds. The number of amides is 1. The Labute approximate surface area is 205 Å². The van der Waals surface area contributed by atoms with E-state index in [0.29, 0.717) is 33.8 Å². The monoisotopic (exact) mass is 523 g/mol. The molecule has 33 heavy (non-hydrogen) atoms. The summed E-state index contributed by atoms with van der Waals surface area (Å²) in [6.45, 7) is 2.49. The van der Waals surface area contributed by atoms with Crippen LogP contribution in [-0.4, -0.2) is 54.7 Å². The van der Waals surface area contributed by atoms with Crippen molar-refractivity contribution in [1.29, 1.82) is 0 Å². The highest BCUT2D eigenvalue weighted by Crippen LogP contribution is 2.41. The van der Waals surface area contributed by atoms with E-state index in [4.69, 9.17) is 23.2 Å². The van der Waals surface area contributed by atoms with E-state index in [1.807, 2.05) is 17.9 Å². The molecular weight excluding hydrogens is 505 g/mol. The number of fused-ring (bicyclic) bond motifs is 1. The Morgan fingerprint density at radius 3 is 2.67 bits per heavy atom. The fourth-order valence-corrected chi connectivity index (χ4v) is 6.58. The smallest absolute Gasteiger partial charge is 0.263 e. The Hall–Kier alpha value is -2.40. The number of halogens is 2. The van der Waals surface area contributed by atoms with Crippen LogP contribution in [0.2, 0.25) is 0 Å². The zero-order valence-electron chi connectivity index (χ0n) is 17.4. The molecule has 172 valence electrons. The number of hydrogen-bond acceptors (Lipinski definition) is 7. The van der Waals surface area contributed by atoms with Crippen LogP contribution in [0.3, 0.4) is 0 Å². The number of benzene rings is 1. The van der Waals surface area contributed by atoms with Gasteiger partial charge in [0.25, 0.3) is 10.0 Å². The maximum Gasteiger partial charge on any atom is 0.263 e. The average molecular weight is 524 g/mol. The number of sulfonamides is 1. The van der Waals surface area contributed by atoms with Gasteiger partial charge in [-0.1, -0.05) is 23.2 Å². The predicted octanol–water partition coefficient (Wildman–Crippen LogP) is 3.78. The van der Waals surface area contributed by atoms with Crippen molar-refractivity contribution in [3.63, 3.8) is 0 Å². The number of nitrogens with one attached hydrogen (secondary N) is 1. The van der Waals surface area contributed by atoms with Crippen molar-refractivity contribution in [2.24, 2.45) is 4.99 Å². The molecule has 3 aliphatic rings. The van der Waals surface area contributed by atoms with Gasteiger partial charge in [-0.25, -0.2) is 13.4 Å². The van der Waals surface area contributed by atoms with Crippen molar-refractivity contribution in [3.05, 3.63) is 58.1 Å². The number of rotatable bonds is 5. The summed E-state index contributed by atoms with van der Waals surface area (Å²) in [6.07, 6.45) is 7.47. The van der Waals surface area contributed by atoms with Gasteiger partial charge in [-0.3, -0.25) is 14.5 Å². The third-order valence-electron chi connectivity index (χ3n) is 6.08. The third-order valence-corrected chi connectivity index (χ3v) is 9.00. The minimum absolute atomic E-state index is 0.0787. The Bertz CT molecular complexity index is 1290. The van der Waals surface area contributed by atoms with E-state index >= 15 is 0 Å². The molecule has 1 aliphatic carbocycles. The van der Waals surface area contributed by atoms with Gasteiger partial charge < -0.3 is 9.80 Å². The van der Waals surface area contributed by atoms with E-state index in [1.165, 1.54) is 29.7 Å². The zero-order chi connectivity index (χ0) is 23.4. The lowest BCUT2D eigenvalue weighted by molar-refractivity contribution is -0.121. The molecule has 0 saturated carbocycles. The number of nitrogens with zero attached hydrogens (tertiary/aromatic N) is 4. The molecule has 3 heterocycles. The first-order valence-corrected chi connectivity index (χ1v) is 13.2. The van der Waals surface area contributed by atoms with Crippen LogP contribution in [-0.2, 0) is 14.8 Å². The minimum Gasteiger partial charge on any atom is -0.339 e. The van der Waals surface area contributed by atoms with E-state index in [1.54, 1.807) is 34.8 Å². The van der Waals surface area contributed by atoms with Crippen LogP contribution < -0.4 is 9.62 Å². The Morgan fingerprint density at radius 2 is 1.97 bits per heavy atom. The molecule has 0 bridgehead atoms. The number of aliphatic imine (C=N–C) groups is 1. The molecular formula is C21H19Cl2N5O3S2. The van der Waals surface area contributed by atoms with E-state index in [-0.39, 0.29) is 16.8 Å². The molecule has 1 aromatic carbocycles. The Morgan fingerprint density at radius 1 is 1.21 bits per heavy atom. The van der Waals surface area contributed by atoms with Gasteiger partial charge in [0.05, 0.1) is 32.9 Å². The van der Waals surface area contributed by atoms with Gasteiger partial charge in [0.1, 0.15) is 6.04 Å². The lowest BCUT2D eigenvalue weighted by Gasteiger charge is -2.40. The standard InChI is InChI=1S/C21H19Cl2N5O3S2/c1-21-11-16(23)15(22)10-18(21)25-12-28(21)17-6-8-27(19(17)29)13-2-4-14(5-3-13)33(30,31)26-20-24-7-9-32-20/h2-5,7,9-12,17-18H,6,8H2,1H3,(H,24,26). The molecule has 1 N–H and O–H groups in total. The van der Waals surface area contributed by atoms with Gasteiger partial charge in [-0.15, -0.1) is 11.3 Å². The summed E-state index contributed by atoms with van der Waals surface area (Å²) < 4.78 is 27.6.